The molecule has 0 spiro atoms. The third kappa shape index (κ3) is 7.78. The van der Waals surface area contributed by atoms with Crippen molar-refractivity contribution >= 4 is 57.4 Å². The number of allylic oxidation sites excluding steroid dienone is 3. The maximum Gasteiger partial charge on any atom is 0.326 e. The van der Waals surface area contributed by atoms with Crippen LogP contribution in [0.3, 0.4) is 0 Å². The van der Waals surface area contributed by atoms with Gasteiger partial charge in [-0.25, -0.2) is 13.2 Å². The molecule has 4 atom stereocenters. The number of aliphatic carboxylic acids is 1. The van der Waals surface area contributed by atoms with Gasteiger partial charge < -0.3 is 20.1 Å². The number of rotatable bonds is 11. The SMILES string of the molecule is CC(C)P(=O)(CCC1=CC(Cl)C(C(=O)N[C@@H](Cc2cccc(S(C)(=O)=O)c2)C(=O)O)C(Cl)=C1)c1cccc(O)c1. The van der Waals surface area contributed by atoms with Crippen LogP contribution in [0.15, 0.2) is 76.2 Å². The number of phenols is 1. The maximum absolute atomic E-state index is 13.9. The molecule has 1 amide bonds. The van der Waals surface area contributed by atoms with Crippen molar-refractivity contribution in [3.63, 3.8) is 0 Å². The van der Waals surface area contributed by atoms with Gasteiger partial charge in [0.25, 0.3) is 0 Å². The fourth-order valence-corrected chi connectivity index (χ4v) is 8.70. The molecule has 0 aliphatic heterocycles. The maximum atomic E-state index is 13.9. The van der Waals surface area contributed by atoms with Gasteiger partial charge in [0.15, 0.2) is 9.84 Å². The number of nitrogens with one attached hydrogen (secondary N) is 1. The molecule has 1 aliphatic carbocycles. The minimum Gasteiger partial charge on any atom is -0.508 e. The molecule has 0 bridgehead atoms. The molecule has 3 rings (SSSR count). The number of carboxylic acids is 1. The number of alkyl halides is 1. The van der Waals surface area contributed by atoms with E-state index in [-0.39, 0.29) is 27.8 Å². The molecule has 40 heavy (non-hydrogen) atoms. The van der Waals surface area contributed by atoms with Crippen molar-refractivity contribution in [2.24, 2.45) is 5.92 Å². The number of phenolic OH excluding ortho intramolecular Hbond substituents is 1. The summed E-state index contributed by atoms with van der Waals surface area (Å²) in [6, 6.07) is 10.9. The third-order valence-electron chi connectivity index (χ3n) is 6.81. The van der Waals surface area contributed by atoms with Crippen molar-refractivity contribution in [1.82, 2.24) is 5.32 Å². The van der Waals surface area contributed by atoms with E-state index in [9.17, 15) is 32.8 Å². The number of carbonyl (C=O) groups excluding carboxylic acids is 1. The molecule has 0 radical (unpaired) electrons. The molecule has 216 valence electrons. The van der Waals surface area contributed by atoms with Crippen LogP contribution in [0.5, 0.6) is 5.75 Å². The standard InChI is InChI=1S/C28H32Cl2NO7PS/c1-17(2)39(36,21-8-5-7-20(32)16-21)11-10-19-13-23(29)26(24(30)14-19)27(33)31-25(28(34)35)15-18-6-4-9-22(12-18)40(3,37)38/h4-9,12-14,16-17,23,25-26,32H,10-11,15H2,1-3H3,(H,31,33)(H,34,35)/t23?,25-,26?,39?/m0/s1. The Kier molecular flexibility index (Phi) is 10.3. The average Bonchev–Trinajstić information content (AvgIpc) is 2.86. The second-order valence-corrected chi connectivity index (χ2v) is 16.6. The number of benzene rings is 2. The van der Waals surface area contributed by atoms with Crippen LogP contribution in [-0.2, 0) is 30.4 Å². The lowest BCUT2D eigenvalue weighted by atomic mass is 9.93. The van der Waals surface area contributed by atoms with Crippen molar-refractivity contribution in [3.8, 4) is 5.75 Å². The number of amides is 1. The van der Waals surface area contributed by atoms with Crippen LogP contribution in [0.1, 0.15) is 25.8 Å². The van der Waals surface area contributed by atoms with Gasteiger partial charge in [-0.15, -0.1) is 11.6 Å². The molecule has 0 saturated carbocycles. The Hall–Kier alpha value is -2.58. The Labute approximate surface area is 244 Å². The lowest BCUT2D eigenvalue weighted by Gasteiger charge is -2.27. The molecule has 8 nitrogen and oxygen atoms in total. The summed E-state index contributed by atoms with van der Waals surface area (Å²) in [5, 5.41) is 21.9. The zero-order valence-electron chi connectivity index (χ0n) is 22.3. The fourth-order valence-electron chi connectivity index (χ4n) is 4.50. The van der Waals surface area contributed by atoms with E-state index in [1.807, 2.05) is 13.8 Å². The van der Waals surface area contributed by atoms with Crippen LogP contribution in [-0.4, -0.2) is 60.0 Å². The highest BCUT2D eigenvalue weighted by molar-refractivity contribution is 7.90. The first-order valence-electron chi connectivity index (χ1n) is 12.5. The molecule has 1 aliphatic rings. The second kappa shape index (κ2) is 12.9. The highest BCUT2D eigenvalue weighted by Crippen LogP contribution is 2.51. The lowest BCUT2D eigenvalue weighted by molar-refractivity contribution is -0.142. The van der Waals surface area contributed by atoms with Crippen molar-refractivity contribution < 1.29 is 32.8 Å². The van der Waals surface area contributed by atoms with Crippen LogP contribution in [0, 0.1) is 5.92 Å². The van der Waals surface area contributed by atoms with E-state index in [1.165, 1.54) is 30.3 Å². The highest BCUT2D eigenvalue weighted by atomic mass is 35.5. The van der Waals surface area contributed by atoms with E-state index in [0.717, 1.165) is 6.26 Å². The molecular weight excluding hydrogens is 596 g/mol. The summed E-state index contributed by atoms with van der Waals surface area (Å²) < 4.78 is 37.6. The Morgan fingerprint density at radius 2 is 1.80 bits per heavy atom. The monoisotopic (exact) mass is 627 g/mol. The van der Waals surface area contributed by atoms with Crippen molar-refractivity contribution in [2.45, 2.75) is 48.7 Å². The van der Waals surface area contributed by atoms with Gasteiger partial charge in [-0.05, 0) is 47.9 Å². The summed E-state index contributed by atoms with van der Waals surface area (Å²) in [7, 11) is -6.38. The number of halogens is 2. The first kappa shape index (κ1) is 31.9. The summed E-state index contributed by atoms with van der Waals surface area (Å²) in [5.74, 6) is -2.99. The van der Waals surface area contributed by atoms with Gasteiger partial charge in [0.2, 0.25) is 5.91 Å². The quantitative estimate of drug-likeness (QED) is 0.243. The van der Waals surface area contributed by atoms with Crippen molar-refractivity contribution in [2.75, 3.05) is 12.4 Å². The molecule has 0 fully saturated rings. The molecule has 0 heterocycles. The van der Waals surface area contributed by atoms with Gasteiger partial charge in [-0.1, -0.05) is 55.8 Å². The predicted molar refractivity (Wildman–Crippen MR) is 158 cm³/mol. The molecule has 0 saturated heterocycles. The molecule has 2 aromatic carbocycles. The number of aromatic hydroxyl groups is 1. The van der Waals surface area contributed by atoms with Crippen LogP contribution < -0.4 is 10.6 Å². The van der Waals surface area contributed by atoms with Gasteiger partial charge in [-0.3, -0.25) is 4.79 Å². The summed E-state index contributed by atoms with van der Waals surface area (Å²) in [4.78, 5) is 25.1. The molecule has 3 unspecified atom stereocenters. The van der Waals surface area contributed by atoms with Crippen LogP contribution in [0.25, 0.3) is 0 Å². The molecule has 0 aromatic heterocycles. The molecule has 2 aromatic rings. The van der Waals surface area contributed by atoms with E-state index in [2.05, 4.69) is 5.32 Å². The van der Waals surface area contributed by atoms with Crippen LogP contribution in [0.2, 0.25) is 0 Å². The van der Waals surface area contributed by atoms with E-state index >= 15 is 0 Å². The number of carboxylic acid groups (broad SMARTS) is 1. The average molecular weight is 629 g/mol. The largest absolute Gasteiger partial charge is 0.508 e. The van der Waals surface area contributed by atoms with E-state index in [0.29, 0.717) is 29.0 Å². The summed E-state index contributed by atoms with van der Waals surface area (Å²) >= 11 is 13.0. The van der Waals surface area contributed by atoms with Gasteiger partial charge in [0.05, 0.1) is 16.2 Å². The van der Waals surface area contributed by atoms with Crippen LogP contribution >= 0.6 is 30.3 Å². The predicted octanol–water partition coefficient (Wildman–Crippen LogP) is 4.68. The van der Waals surface area contributed by atoms with E-state index in [1.54, 1.807) is 30.4 Å². The molecule has 3 N–H and O–H groups in total. The Morgan fingerprint density at radius 1 is 1.12 bits per heavy atom. The zero-order chi connectivity index (χ0) is 29.8. The summed E-state index contributed by atoms with van der Waals surface area (Å²) in [6.45, 7) is 3.73. The number of carbonyl (C=O) groups is 2. The topological polar surface area (TPSA) is 138 Å². The summed E-state index contributed by atoms with van der Waals surface area (Å²) in [6.07, 6.45) is 4.81. The Bertz CT molecular complexity index is 1500. The van der Waals surface area contributed by atoms with Gasteiger partial charge in [0.1, 0.15) is 18.9 Å². The number of hydrogen-bond acceptors (Lipinski definition) is 6. The smallest absolute Gasteiger partial charge is 0.326 e. The molecule has 12 heteroatoms. The van der Waals surface area contributed by atoms with E-state index < -0.39 is 46.2 Å². The van der Waals surface area contributed by atoms with Crippen molar-refractivity contribution in [1.29, 1.82) is 0 Å². The van der Waals surface area contributed by atoms with Gasteiger partial charge >= 0.3 is 5.97 Å². The van der Waals surface area contributed by atoms with Crippen molar-refractivity contribution in [3.05, 3.63) is 76.9 Å². The normalized spacial score (nSPS) is 19.8. The Balaban J connectivity index is 1.72. The number of sulfone groups is 1. The lowest BCUT2D eigenvalue weighted by Crippen LogP contribution is -2.47. The third-order valence-corrected chi connectivity index (χ3v) is 12.4. The zero-order valence-corrected chi connectivity index (χ0v) is 25.5. The van der Waals surface area contributed by atoms with Crippen LogP contribution in [0.4, 0.5) is 0 Å². The minimum atomic E-state index is -3.49. The van der Waals surface area contributed by atoms with Gasteiger partial charge in [0, 0.05) is 34.8 Å². The van der Waals surface area contributed by atoms with E-state index in [4.69, 9.17) is 23.2 Å². The fraction of sp³-hybridized carbons (Fsp3) is 0.357. The first-order chi connectivity index (χ1) is 18.6. The minimum absolute atomic E-state index is 0.0376. The van der Waals surface area contributed by atoms with Gasteiger partial charge in [-0.2, -0.15) is 0 Å². The summed E-state index contributed by atoms with van der Waals surface area (Å²) in [5.41, 5.74) is 0.948. The first-order valence-corrected chi connectivity index (χ1v) is 17.2. The molecular formula is C28H32Cl2NO7PS. The highest BCUT2D eigenvalue weighted by Gasteiger charge is 2.35. The number of hydrogen-bond donors (Lipinski definition) is 3. The Morgan fingerprint density at radius 3 is 2.38 bits per heavy atom. The second-order valence-electron chi connectivity index (χ2n) is 10.1.